The van der Waals surface area contributed by atoms with Crippen LogP contribution in [-0.2, 0) is 9.53 Å². The molecule has 0 saturated carbocycles. The maximum Gasteiger partial charge on any atom is 0.344 e. The second kappa shape index (κ2) is 8.38. The van der Waals surface area contributed by atoms with Crippen LogP contribution in [0.15, 0.2) is 53.0 Å². The van der Waals surface area contributed by atoms with E-state index >= 15 is 0 Å². The molecule has 116 valence electrons. The number of carbonyl (C=O) groups excluding carboxylic acids is 1. The standard InChI is InChI=1S/C16H14BrFO4/c17-12-4-3-5-13(10-12)20-8-9-21-16(19)11-22-15-7-2-1-6-14(15)18/h1-7,10H,8-9,11H2. The van der Waals surface area contributed by atoms with Gasteiger partial charge in [0.1, 0.15) is 19.0 Å². The molecule has 0 saturated heterocycles. The summed E-state index contributed by atoms with van der Waals surface area (Å²) in [6.07, 6.45) is 0. The lowest BCUT2D eigenvalue weighted by atomic mass is 10.3. The molecule has 0 aliphatic rings. The quantitative estimate of drug-likeness (QED) is 0.553. The number of carbonyl (C=O) groups is 1. The minimum atomic E-state index is -0.582. The van der Waals surface area contributed by atoms with Crippen LogP contribution in [0.1, 0.15) is 0 Å². The lowest BCUT2D eigenvalue weighted by molar-refractivity contribution is -0.146. The molecule has 4 nitrogen and oxygen atoms in total. The lowest BCUT2D eigenvalue weighted by Crippen LogP contribution is -2.18. The maximum atomic E-state index is 13.3. The summed E-state index contributed by atoms with van der Waals surface area (Å²) in [6, 6.07) is 13.2. The van der Waals surface area contributed by atoms with Gasteiger partial charge >= 0.3 is 5.97 Å². The molecular weight excluding hydrogens is 355 g/mol. The lowest BCUT2D eigenvalue weighted by Gasteiger charge is -2.09. The Morgan fingerprint density at radius 1 is 1.05 bits per heavy atom. The van der Waals surface area contributed by atoms with Gasteiger partial charge in [-0.3, -0.25) is 0 Å². The predicted octanol–water partition coefficient (Wildman–Crippen LogP) is 3.59. The van der Waals surface area contributed by atoms with Gasteiger partial charge < -0.3 is 14.2 Å². The molecule has 0 bridgehead atoms. The summed E-state index contributed by atoms with van der Waals surface area (Å²) in [5.41, 5.74) is 0. The number of esters is 1. The summed E-state index contributed by atoms with van der Waals surface area (Å²) in [5.74, 6) is -0.410. The highest BCUT2D eigenvalue weighted by molar-refractivity contribution is 9.10. The van der Waals surface area contributed by atoms with E-state index in [-0.39, 0.29) is 25.6 Å². The first kappa shape index (κ1) is 16.3. The van der Waals surface area contributed by atoms with E-state index in [9.17, 15) is 9.18 Å². The van der Waals surface area contributed by atoms with E-state index in [1.807, 2.05) is 18.2 Å². The minimum absolute atomic E-state index is 0.0184. The highest BCUT2D eigenvalue weighted by atomic mass is 79.9. The van der Waals surface area contributed by atoms with Crippen LogP contribution in [0.25, 0.3) is 0 Å². The smallest absolute Gasteiger partial charge is 0.344 e. The second-order valence-corrected chi connectivity index (χ2v) is 5.16. The fourth-order valence-electron chi connectivity index (χ4n) is 1.61. The van der Waals surface area contributed by atoms with Crippen LogP contribution in [0.5, 0.6) is 11.5 Å². The fraction of sp³-hybridized carbons (Fsp3) is 0.188. The van der Waals surface area contributed by atoms with E-state index in [1.54, 1.807) is 18.2 Å². The van der Waals surface area contributed by atoms with Crippen LogP contribution < -0.4 is 9.47 Å². The van der Waals surface area contributed by atoms with Gasteiger partial charge in [0.2, 0.25) is 0 Å². The van der Waals surface area contributed by atoms with Crippen molar-refractivity contribution in [2.75, 3.05) is 19.8 Å². The summed E-state index contributed by atoms with van der Waals surface area (Å²) >= 11 is 3.33. The number of rotatable bonds is 7. The normalized spacial score (nSPS) is 10.1. The Hall–Kier alpha value is -2.08. The maximum absolute atomic E-state index is 13.3. The van der Waals surface area contributed by atoms with Crippen LogP contribution >= 0.6 is 15.9 Å². The Labute approximate surface area is 135 Å². The molecule has 0 aliphatic carbocycles. The highest BCUT2D eigenvalue weighted by Crippen LogP contribution is 2.17. The molecule has 0 atom stereocenters. The van der Waals surface area contributed by atoms with Crippen LogP contribution in [0.2, 0.25) is 0 Å². The number of halogens is 2. The summed E-state index contributed by atoms with van der Waals surface area (Å²) in [7, 11) is 0. The van der Waals surface area contributed by atoms with Crippen molar-refractivity contribution in [1.29, 1.82) is 0 Å². The molecule has 0 amide bonds. The Bertz CT molecular complexity index is 633. The van der Waals surface area contributed by atoms with E-state index in [1.165, 1.54) is 12.1 Å². The third kappa shape index (κ3) is 5.37. The molecule has 0 fully saturated rings. The monoisotopic (exact) mass is 368 g/mol. The van der Waals surface area contributed by atoms with E-state index in [0.29, 0.717) is 5.75 Å². The molecule has 0 radical (unpaired) electrons. The molecular formula is C16H14BrFO4. The van der Waals surface area contributed by atoms with Gasteiger partial charge in [0.25, 0.3) is 0 Å². The van der Waals surface area contributed by atoms with E-state index in [2.05, 4.69) is 15.9 Å². The number of benzene rings is 2. The Morgan fingerprint density at radius 2 is 1.86 bits per heavy atom. The van der Waals surface area contributed by atoms with Crippen LogP contribution in [0.3, 0.4) is 0 Å². The molecule has 22 heavy (non-hydrogen) atoms. The molecule has 2 aromatic carbocycles. The van der Waals surface area contributed by atoms with Gasteiger partial charge in [-0.05, 0) is 30.3 Å². The van der Waals surface area contributed by atoms with Crippen molar-refractivity contribution in [3.8, 4) is 11.5 Å². The van der Waals surface area contributed by atoms with Crippen molar-refractivity contribution in [3.63, 3.8) is 0 Å². The summed E-state index contributed by atoms with van der Waals surface area (Å²) in [6.45, 7) is -0.0360. The first-order chi connectivity index (χ1) is 10.6. The Morgan fingerprint density at radius 3 is 2.64 bits per heavy atom. The number of hydrogen-bond acceptors (Lipinski definition) is 4. The van der Waals surface area contributed by atoms with Gasteiger partial charge in [-0.25, -0.2) is 9.18 Å². The van der Waals surface area contributed by atoms with Gasteiger partial charge in [-0.1, -0.05) is 34.1 Å². The molecule has 0 spiro atoms. The average Bonchev–Trinajstić information content (AvgIpc) is 2.51. The SMILES string of the molecule is O=C(COc1ccccc1F)OCCOc1cccc(Br)c1. The van der Waals surface area contributed by atoms with E-state index in [4.69, 9.17) is 14.2 Å². The Kier molecular flexibility index (Phi) is 6.21. The van der Waals surface area contributed by atoms with Gasteiger partial charge in [0, 0.05) is 4.47 Å². The number of ether oxygens (including phenoxy) is 3. The van der Waals surface area contributed by atoms with Gasteiger partial charge in [-0.2, -0.15) is 0 Å². The van der Waals surface area contributed by atoms with Gasteiger partial charge in [0.15, 0.2) is 18.2 Å². The first-order valence-corrected chi connectivity index (χ1v) is 7.36. The van der Waals surface area contributed by atoms with Crippen molar-refractivity contribution in [2.45, 2.75) is 0 Å². The first-order valence-electron chi connectivity index (χ1n) is 6.56. The zero-order chi connectivity index (χ0) is 15.8. The zero-order valence-corrected chi connectivity index (χ0v) is 13.2. The van der Waals surface area contributed by atoms with Gasteiger partial charge in [-0.15, -0.1) is 0 Å². The highest BCUT2D eigenvalue weighted by Gasteiger charge is 2.07. The Balaban J connectivity index is 1.65. The largest absolute Gasteiger partial charge is 0.490 e. The zero-order valence-electron chi connectivity index (χ0n) is 11.6. The van der Waals surface area contributed by atoms with Crippen molar-refractivity contribution in [2.24, 2.45) is 0 Å². The number of hydrogen-bond donors (Lipinski definition) is 0. The van der Waals surface area contributed by atoms with Gasteiger partial charge in [0.05, 0.1) is 0 Å². The summed E-state index contributed by atoms with van der Waals surface area (Å²) in [4.78, 5) is 11.5. The fourth-order valence-corrected chi connectivity index (χ4v) is 1.99. The molecule has 0 unspecified atom stereocenters. The van der Waals surface area contributed by atoms with Crippen LogP contribution in [0, 0.1) is 5.82 Å². The van der Waals surface area contributed by atoms with Crippen molar-refractivity contribution < 1.29 is 23.4 Å². The topological polar surface area (TPSA) is 44.8 Å². The molecule has 2 rings (SSSR count). The number of para-hydroxylation sites is 1. The second-order valence-electron chi connectivity index (χ2n) is 4.25. The predicted molar refractivity (Wildman–Crippen MR) is 82.5 cm³/mol. The third-order valence-corrected chi connectivity index (χ3v) is 3.09. The van der Waals surface area contributed by atoms with Crippen LogP contribution in [-0.4, -0.2) is 25.8 Å². The molecule has 6 heteroatoms. The molecule has 0 aliphatic heterocycles. The van der Waals surface area contributed by atoms with Crippen molar-refractivity contribution in [1.82, 2.24) is 0 Å². The minimum Gasteiger partial charge on any atom is -0.490 e. The van der Waals surface area contributed by atoms with E-state index < -0.39 is 11.8 Å². The van der Waals surface area contributed by atoms with E-state index in [0.717, 1.165) is 4.47 Å². The molecule has 0 heterocycles. The third-order valence-electron chi connectivity index (χ3n) is 2.59. The van der Waals surface area contributed by atoms with Crippen molar-refractivity contribution in [3.05, 3.63) is 58.8 Å². The molecule has 0 N–H and O–H groups in total. The summed E-state index contributed by atoms with van der Waals surface area (Å²) < 4.78 is 29.5. The molecule has 2 aromatic rings. The average molecular weight is 369 g/mol. The molecule has 0 aromatic heterocycles. The summed E-state index contributed by atoms with van der Waals surface area (Å²) in [5, 5.41) is 0. The van der Waals surface area contributed by atoms with Crippen molar-refractivity contribution >= 4 is 21.9 Å². The van der Waals surface area contributed by atoms with Crippen LogP contribution in [0.4, 0.5) is 4.39 Å².